The first-order chi connectivity index (χ1) is 10.8. The van der Waals surface area contributed by atoms with Crippen molar-refractivity contribution in [1.82, 2.24) is 4.90 Å². The molecule has 0 atom stereocenters. The van der Waals surface area contributed by atoms with Crippen LogP contribution in [-0.4, -0.2) is 37.1 Å². The summed E-state index contributed by atoms with van der Waals surface area (Å²) in [4.78, 5) is 14.6. The zero-order valence-corrected chi connectivity index (χ0v) is 12.2. The predicted octanol–water partition coefficient (Wildman–Crippen LogP) is 2.70. The van der Waals surface area contributed by atoms with Crippen LogP contribution in [0.2, 0.25) is 0 Å². The van der Waals surface area contributed by atoms with Crippen molar-refractivity contribution in [2.24, 2.45) is 0 Å². The van der Waals surface area contributed by atoms with Gasteiger partial charge in [0, 0.05) is 24.2 Å². The molecular formula is C18H16N2O2. The SMILES string of the molecule is N#Cc1ccccc1-c1ccccc1C(=O)N1CCOCC1. The minimum atomic E-state index is -0.00774. The smallest absolute Gasteiger partial charge is 0.254 e. The van der Waals surface area contributed by atoms with Crippen molar-refractivity contribution >= 4 is 5.91 Å². The lowest BCUT2D eigenvalue weighted by atomic mass is 9.95. The number of hydrogen-bond acceptors (Lipinski definition) is 3. The highest BCUT2D eigenvalue weighted by Crippen LogP contribution is 2.27. The molecule has 0 N–H and O–H groups in total. The summed E-state index contributed by atoms with van der Waals surface area (Å²) in [5, 5.41) is 9.30. The molecule has 1 aliphatic rings. The van der Waals surface area contributed by atoms with Crippen LogP contribution in [0.3, 0.4) is 0 Å². The van der Waals surface area contributed by atoms with Crippen LogP contribution in [0.25, 0.3) is 11.1 Å². The zero-order valence-electron chi connectivity index (χ0n) is 12.2. The van der Waals surface area contributed by atoms with Crippen LogP contribution < -0.4 is 0 Å². The van der Waals surface area contributed by atoms with Gasteiger partial charge in [-0.15, -0.1) is 0 Å². The first kappa shape index (κ1) is 14.3. The Morgan fingerprint density at radius 2 is 1.64 bits per heavy atom. The van der Waals surface area contributed by atoms with E-state index in [1.54, 1.807) is 11.0 Å². The van der Waals surface area contributed by atoms with Gasteiger partial charge in [-0.05, 0) is 17.7 Å². The Kier molecular flexibility index (Phi) is 4.17. The molecule has 0 unspecified atom stereocenters. The number of carbonyl (C=O) groups excluding carboxylic acids is 1. The van der Waals surface area contributed by atoms with Crippen molar-refractivity contribution in [3.8, 4) is 17.2 Å². The van der Waals surface area contributed by atoms with Crippen molar-refractivity contribution in [3.05, 3.63) is 59.7 Å². The van der Waals surface area contributed by atoms with Crippen molar-refractivity contribution < 1.29 is 9.53 Å². The average Bonchev–Trinajstić information content (AvgIpc) is 2.62. The van der Waals surface area contributed by atoms with Crippen molar-refractivity contribution in [2.45, 2.75) is 0 Å². The molecule has 4 heteroatoms. The minimum Gasteiger partial charge on any atom is -0.378 e. The Balaban J connectivity index is 2.03. The fourth-order valence-electron chi connectivity index (χ4n) is 2.66. The Morgan fingerprint density at radius 1 is 1.00 bits per heavy atom. The standard InChI is InChI=1S/C18H16N2O2/c19-13-14-5-1-2-6-15(14)16-7-3-4-8-17(16)18(21)20-9-11-22-12-10-20/h1-8H,9-12H2. The van der Waals surface area contributed by atoms with Crippen molar-refractivity contribution in [1.29, 1.82) is 5.26 Å². The van der Waals surface area contributed by atoms with E-state index >= 15 is 0 Å². The topological polar surface area (TPSA) is 53.3 Å². The van der Waals surface area contributed by atoms with Gasteiger partial charge >= 0.3 is 0 Å². The lowest BCUT2D eigenvalue weighted by Crippen LogP contribution is -2.40. The minimum absolute atomic E-state index is 0.00774. The summed E-state index contributed by atoms with van der Waals surface area (Å²) < 4.78 is 5.30. The molecule has 1 fully saturated rings. The second kappa shape index (κ2) is 6.42. The molecule has 2 aromatic rings. The molecule has 1 saturated heterocycles. The Hall–Kier alpha value is -2.64. The van der Waals surface area contributed by atoms with Crippen LogP contribution in [-0.2, 0) is 4.74 Å². The fraction of sp³-hybridized carbons (Fsp3) is 0.222. The van der Waals surface area contributed by atoms with E-state index in [4.69, 9.17) is 4.74 Å². The first-order valence-electron chi connectivity index (χ1n) is 7.27. The first-order valence-corrected chi connectivity index (χ1v) is 7.27. The van der Waals surface area contributed by atoms with Gasteiger partial charge in [0.2, 0.25) is 0 Å². The third-order valence-electron chi connectivity index (χ3n) is 3.79. The molecule has 0 aliphatic carbocycles. The quantitative estimate of drug-likeness (QED) is 0.855. The van der Waals surface area contributed by atoms with E-state index in [0.29, 0.717) is 37.4 Å². The summed E-state index contributed by atoms with van der Waals surface area (Å²) in [7, 11) is 0. The van der Waals surface area contributed by atoms with Crippen molar-refractivity contribution in [2.75, 3.05) is 26.3 Å². The summed E-state index contributed by atoms with van der Waals surface area (Å²) in [6.45, 7) is 2.35. The third-order valence-corrected chi connectivity index (χ3v) is 3.79. The van der Waals surface area contributed by atoms with E-state index in [0.717, 1.165) is 11.1 Å². The maximum absolute atomic E-state index is 12.8. The maximum atomic E-state index is 12.8. The molecule has 110 valence electrons. The van der Waals surface area contributed by atoms with E-state index in [1.807, 2.05) is 42.5 Å². The number of nitriles is 1. The highest BCUT2D eigenvalue weighted by atomic mass is 16.5. The molecule has 0 radical (unpaired) electrons. The van der Waals surface area contributed by atoms with Gasteiger partial charge in [0.25, 0.3) is 5.91 Å². The van der Waals surface area contributed by atoms with Crippen LogP contribution >= 0.6 is 0 Å². The average molecular weight is 292 g/mol. The lowest BCUT2D eigenvalue weighted by Gasteiger charge is -2.27. The Labute approximate surface area is 129 Å². The number of ether oxygens (including phenoxy) is 1. The van der Waals surface area contributed by atoms with Crippen molar-refractivity contribution in [3.63, 3.8) is 0 Å². The molecule has 0 spiro atoms. The second-order valence-electron chi connectivity index (χ2n) is 5.11. The number of morpholine rings is 1. The van der Waals surface area contributed by atoms with Gasteiger partial charge in [-0.2, -0.15) is 5.26 Å². The Bertz CT molecular complexity index is 728. The van der Waals surface area contributed by atoms with Crippen LogP contribution in [0.5, 0.6) is 0 Å². The van der Waals surface area contributed by atoms with E-state index in [-0.39, 0.29) is 5.91 Å². The molecule has 3 rings (SSSR count). The van der Waals surface area contributed by atoms with Gasteiger partial charge in [0.1, 0.15) is 0 Å². The van der Waals surface area contributed by atoms with Gasteiger partial charge < -0.3 is 9.64 Å². The molecule has 0 bridgehead atoms. The van der Waals surface area contributed by atoms with Gasteiger partial charge in [0.05, 0.1) is 24.8 Å². The van der Waals surface area contributed by atoms with Crippen LogP contribution in [0.1, 0.15) is 15.9 Å². The molecule has 1 heterocycles. The summed E-state index contributed by atoms with van der Waals surface area (Å²) in [6, 6.07) is 17.0. The maximum Gasteiger partial charge on any atom is 0.254 e. The number of nitrogens with zero attached hydrogens (tertiary/aromatic N) is 2. The lowest BCUT2D eigenvalue weighted by molar-refractivity contribution is 0.0303. The number of amides is 1. The van der Waals surface area contributed by atoms with E-state index in [1.165, 1.54) is 0 Å². The predicted molar refractivity (Wildman–Crippen MR) is 83.3 cm³/mol. The van der Waals surface area contributed by atoms with Gasteiger partial charge in [-0.25, -0.2) is 0 Å². The number of benzene rings is 2. The monoisotopic (exact) mass is 292 g/mol. The normalized spacial score (nSPS) is 14.4. The summed E-state index contributed by atoms with van der Waals surface area (Å²) in [5.74, 6) is -0.00774. The number of rotatable bonds is 2. The van der Waals surface area contributed by atoms with Crippen LogP contribution in [0.4, 0.5) is 0 Å². The molecule has 0 saturated carbocycles. The summed E-state index contributed by atoms with van der Waals surface area (Å²) in [6.07, 6.45) is 0. The number of carbonyl (C=O) groups is 1. The molecule has 22 heavy (non-hydrogen) atoms. The molecular weight excluding hydrogens is 276 g/mol. The second-order valence-corrected chi connectivity index (χ2v) is 5.11. The van der Waals surface area contributed by atoms with Gasteiger partial charge in [-0.3, -0.25) is 4.79 Å². The van der Waals surface area contributed by atoms with E-state index in [2.05, 4.69) is 6.07 Å². The summed E-state index contributed by atoms with van der Waals surface area (Å²) in [5.41, 5.74) is 2.80. The summed E-state index contributed by atoms with van der Waals surface area (Å²) >= 11 is 0. The molecule has 4 nitrogen and oxygen atoms in total. The van der Waals surface area contributed by atoms with Crippen LogP contribution in [0.15, 0.2) is 48.5 Å². The molecule has 0 aromatic heterocycles. The van der Waals surface area contributed by atoms with Gasteiger partial charge in [-0.1, -0.05) is 36.4 Å². The van der Waals surface area contributed by atoms with E-state index < -0.39 is 0 Å². The number of hydrogen-bond donors (Lipinski definition) is 0. The highest BCUT2D eigenvalue weighted by molar-refractivity contribution is 6.01. The Morgan fingerprint density at radius 3 is 2.36 bits per heavy atom. The fourth-order valence-corrected chi connectivity index (χ4v) is 2.66. The molecule has 1 amide bonds. The van der Waals surface area contributed by atoms with Crippen LogP contribution in [0, 0.1) is 11.3 Å². The zero-order chi connectivity index (χ0) is 15.4. The van der Waals surface area contributed by atoms with E-state index in [9.17, 15) is 10.1 Å². The third kappa shape index (κ3) is 2.72. The largest absolute Gasteiger partial charge is 0.378 e. The molecule has 2 aromatic carbocycles. The van der Waals surface area contributed by atoms with Gasteiger partial charge in [0.15, 0.2) is 0 Å². The highest BCUT2D eigenvalue weighted by Gasteiger charge is 2.21. The molecule has 1 aliphatic heterocycles.